The largest absolute Gasteiger partial charge is 0.300 e. The van der Waals surface area contributed by atoms with E-state index in [9.17, 15) is 0 Å². The minimum atomic E-state index is -0.0550. The maximum Gasteiger partial charge on any atom is 0.146 e. The lowest BCUT2D eigenvalue weighted by Crippen LogP contribution is -2.19. The van der Waals surface area contributed by atoms with Gasteiger partial charge in [-0.3, -0.25) is 4.90 Å². The third kappa shape index (κ3) is 8.85. The van der Waals surface area contributed by atoms with Crippen LogP contribution in [0.15, 0.2) is 54.6 Å². The van der Waals surface area contributed by atoms with Crippen molar-refractivity contribution in [2.45, 2.75) is 26.7 Å². The van der Waals surface area contributed by atoms with Crippen LogP contribution in [0.25, 0.3) is 11.6 Å². The summed E-state index contributed by atoms with van der Waals surface area (Å²) >= 11 is 0. The van der Waals surface area contributed by atoms with Gasteiger partial charge >= 0.3 is 0 Å². The van der Waals surface area contributed by atoms with E-state index in [1.807, 2.05) is 13.0 Å². The van der Waals surface area contributed by atoms with Crippen LogP contribution in [0.3, 0.4) is 0 Å². The molecule has 1 N–H and O–H groups in total. The van der Waals surface area contributed by atoms with Gasteiger partial charge in [0.05, 0.1) is 11.4 Å². The molecule has 2 aromatic rings. The van der Waals surface area contributed by atoms with Gasteiger partial charge in [0, 0.05) is 12.1 Å². The number of likely N-dealkylation sites (tertiary alicyclic amines) is 1. The van der Waals surface area contributed by atoms with Crippen LogP contribution >= 0.6 is 0 Å². The summed E-state index contributed by atoms with van der Waals surface area (Å²) in [4.78, 5) is 11.3. The first-order valence-electron chi connectivity index (χ1n) is 10.3. The van der Waals surface area contributed by atoms with E-state index < -0.39 is 0 Å². The van der Waals surface area contributed by atoms with Gasteiger partial charge in [-0.25, -0.2) is 10.2 Å². The zero-order valence-corrected chi connectivity index (χ0v) is 18.2. The maximum absolute atomic E-state index is 7.38. The molecule has 0 saturated carbocycles. The van der Waals surface area contributed by atoms with Gasteiger partial charge in [-0.2, -0.15) is 4.89 Å². The second-order valence-corrected chi connectivity index (χ2v) is 7.05. The van der Waals surface area contributed by atoms with E-state index in [1.54, 1.807) is 0 Å². The Morgan fingerprint density at radius 1 is 1.19 bits per heavy atom. The van der Waals surface area contributed by atoms with Crippen LogP contribution in [0.2, 0.25) is 0 Å². The van der Waals surface area contributed by atoms with E-state index >= 15 is 0 Å². The molecule has 1 fully saturated rings. The Labute approximate surface area is 184 Å². The molecular formula is C25H30N2O4. The fourth-order valence-electron chi connectivity index (χ4n) is 3.23. The second kappa shape index (κ2) is 14.3. The van der Waals surface area contributed by atoms with E-state index in [0.29, 0.717) is 0 Å². The van der Waals surface area contributed by atoms with Crippen molar-refractivity contribution < 1.29 is 20.2 Å². The first-order valence-corrected chi connectivity index (χ1v) is 10.3. The van der Waals surface area contributed by atoms with E-state index in [1.165, 1.54) is 42.6 Å². The predicted molar refractivity (Wildman–Crippen MR) is 122 cm³/mol. The Kier molecular flexibility index (Phi) is 11.3. The topological polar surface area (TPSA) is 64.1 Å². The lowest BCUT2D eigenvalue weighted by molar-refractivity contribution is -0.620. The molecule has 1 aliphatic rings. The van der Waals surface area contributed by atoms with Crippen molar-refractivity contribution in [3.8, 4) is 12.3 Å². The molecule has 31 heavy (non-hydrogen) atoms. The molecule has 1 aromatic heterocycles. The quantitative estimate of drug-likeness (QED) is 0.282. The standard InChI is InChI=1S/C22H26N2.C3H4O4/c1-3-7-20-8-6-9-22(23-20)21(14-17-24-15-4-5-16-24)19-12-10-18(2)11-13-19;1-2-3-5-7-6-4/h3,6-14H,4-5,15-17H2,1-2H3;1,4H,3H2/b7-3+,21-14-;. The zero-order valence-electron chi connectivity index (χ0n) is 18.2. The van der Waals surface area contributed by atoms with Crippen molar-refractivity contribution >= 4 is 11.6 Å². The van der Waals surface area contributed by atoms with Gasteiger partial charge in [0.15, 0.2) is 0 Å². The number of rotatable bonds is 8. The van der Waals surface area contributed by atoms with Gasteiger partial charge in [-0.1, -0.05) is 54.0 Å². The number of hydrogen-bond donors (Lipinski definition) is 1. The molecule has 0 unspecified atom stereocenters. The van der Waals surface area contributed by atoms with Crippen LogP contribution in [0.5, 0.6) is 0 Å². The molecule has 1 saturated heterocycles. The van der Waals surface area contributed by atoms with Crippen LogP contribution in [0.1, 0.15) is 42.3 Å². The number of hydrogen-bond acceptors (Lipinski definition) is 6. The number of aryl methyl sites for hydroxylation is 1. The van der Waals surface area contributed by atoms with Gasteiger partial charge in [0.2, 0.25) is 0 Å². The van der Waals surface area contributed by atoms with Crippen molar-refractivity contribution in [2.24, 2.45) is 0 Å². The van der Waals surface area contributed by atoms with E-state index in [0.717, 1.165) is 17.9 Å². The molecule has 0 amide bonds. The Morgan fingerprint density at radius 2 is 1.94 bits per heavy atom. The van der Waals surface area contributed by atoms with Crippen molar-refractivity contribution in [3.05, 3.63) is 77.1 Å². The number of allylic oxidation sites excluding steroid dienone is 1. The lowest BCUT2D eigenvalue weighted by Gasteiger charge is -2.14. The maximum atomic E-state index is 7.38. The first-order chi connectivity index (χ1) is 15.2. The highest BCUT2D eigenvalue weighted by atomic mass is 17.6. The summed E-state index contributed by atoms with van der Waals surface area (Å²) in [5, 5.41) is 13.9. The third-order valence-corrected chi connectivity index (χ3v) is 4.72. The molecule has 164 valence electrons. The number of terminal acetylenes is 1. The summed E-state index contributed by atoms with van der Waals surface area (Å²) < 4.78 is 0. The predicted octanol–water partition coefficient (Wildman–Crippen LogP) is 4.92. The molecular weight excluding hydrogens is 392 g/mol. The molecule has 0 aliphatic carbocycles. The average molecular weight is 423 g/mol. The minimum absolute atomic E-state index is 0.0550. The van der Waals surface area contributed by atoms with Gasteiger partial charge in [0.25, 0.3) is 0 Å². The van der Waals surface area contributed by atoms with Crippen LogP contribution in [0.4, 0.5) is 0 Å². The molecule has 2 heterocycles. The van der Waals surface area contributed by atoms with Gasteiger partial charge in [-0.05, 0) is 73.6 Å². The Balaban J connectivity index is 0.000000423. The highest BCUT2D eigenvalue weighted by Gasteiger charge is 2.12. The average Bonchev–Trinajstić information content (AvgIpc) is 3.30. The van der Waals surface area contributed by atoms with E-state index in [4.69, 9.17) is 10.2 Å². The summed E-state index contributed by atoms with van der Waals surface area (Å²) in [5.41, 5.74) is 5.81. The lowest BCUT2D eigenvalue weighted by atomic mass is 10.00. The molecule has 0 spiro atoms. The molecule has 0 atom stereocenters. The zero-order chi connectivity index (χ0) is 22.3. The SMILES string of the molecule is C#CCOOOO.C/C=C/c1cccc(/C(=C\CN2CCCC2)c2ccc(C)cc2)n1. The molecule has 0 radical (unpaired) electrons. The van der Waals surface area contributed by atoms with E-state index in [-0.39, 0.29) is 6.61 Å². The molecule has 6 nitrogen and oxygen atoms in total. The normalized spacial score (nSPS) is 14.3. The van der Waals surface area contributed by atoms with Crippen LogP contribution < -0.4 is 0 Å². The Morgan fingerprint density at radius 3 is 2.58 bits per heavy atom. The monoisotopic (exact) mass is 422 g/mol. The highest BCUT2D eigenvalue weighted by Crippen LogP contribution is 2.23. The highest BCUT2D eigenvalue weighted by molar-refractivity contribution is 5.78. The third-order valence-electron chi connectivity index (χ3n) is 4.72. The minimum Gasteiger partial charge on any atom is -0.300 e. The molecule has 1 aromatic carbocycles. The molecule has 0 bridgehead atoms. The van der Waals surface area contributed by atoms with Crippen LogP contribution in [-0.2, 0) is 15.0 Å². The fourth-order valence-corrected chi connectivity index (χ4v) is 3.23. The Bertz CT molecular complexity index is 879. The number of pyridine rings is 1. The summed E-state index contributed by atoms with van der Waals surface area (Å²) in [6, 6.07) is 15.0. The molecule has 1 aliphatic heterocycles. The number of nitrogens with zero attached hydrogens (tertiary/aromatic N) is 2. The first kappa shape index (κ1) is 24.5. The summed E-state index contributed by atoms with van der Waals surface area (Å²) in [6.07, 6.45) is 13.8. The number of aromatic nitrogens is 1. The Hall–Kier alpha value is -2.79. The van der Waals surface area contributed by atoms with E-state index in [2.05, 4.69) is 93.7 Å². The van der Waals surface area contributed by atoms with Gasteiger partial charge in [-0.15, -0.1) is 6.42 Å². The second-order valence-electron chi connectivity index (χ2n) is 7.05. The van der Waals surface area contributed by atoms with Crippen LogP contribution in [-0.4, -0.2) is 41.4 Å². The fraction of sp³-hybridized carbons (Fsp3) is 0.320. The van der Waals surface area contributed by atoms with Crippen molar-refractivity contribution in [3.63, 3.8) is 0 Å². The smallest absolute Gasteiger partial charge is 0.146 e. The number of benzene rings is 1. The van der Waals surface area contributed by atoms with Crippen molar-refractivity contribution in [1.82, 2.24) is 9.88 Å². The van der Waals surface area contributed by atoms with Crippen molar-refractivity contribution in [1.29, 1.82) is 0 Å². The molecule has 6 heteroatoms. The van der Waals surface area contributed by atoms with Gasteiger partial charge < -0.3 is 0 Å². The summed E-state index contributed by atoms with van der Waals surface area (Å²) in [5.74, 6) is 2.06. The molecule has 3 rings (SSSR count). The van der Waals surface area contributed by atoms with Crippen LogP contribution in [0, 0.1) is 19.3 Å². The van der Waals surface area contributed by atoms with Gasteiger partial charge in [0.1, 0.15) is 6.61 Å². The van der Waals surface area contributed by atoms with Crippen molar-refractivity contribution in [2.75, 3.05) is 26.2 Å². The summed E-state index contributed by atoms with van der Waals surface area (Å²) in [7, 11) is 0. The summed E-state index contributed by atoms with van der Waals surface area (Å²) in [6.45, 7) is 7.52.